The van der Waals surface area contributed by atoms with Crippen LogP contribution in [0.15, 0.2) is 48.5 Å². The Morgan fingerprint density at radius 1 is 1.14 bits per heavy atom. The Hall–Kier alpha value is -3.28. The molecule has 28 heavy (non-hydrogen) atoms. The Kier molecular flexibility index (Phi) is 3.69. The summed E-state index contributed by atoms with van der Waals surface area (Å²) in [5, 5.41) is 10.4. The predicted molar refractivity (Wildman–Crippen MR) is 107 cm³/mol. The molecule has 142 valence electrons. The first-order chi connectivity index (χ1) is 13.6. The Balaban J connectivity index is 1.74. The van der Waals surface area contributed by atoms with Crippen LogP contribution in [0.25, 0.3) is 10.9 Å². The van der Waals surface area contributed by atoms with Crippen molar-refractivity contribution in [3.05, 3.63) is 65.4 Å². The smallest absolute Gasteiger partial charge is 0.305 e. The van der Waals surface area contributed by atoms with Gasteiger partial charge in [-0.3, -0.25) is 9.59 Å². The molecule has 5 rings (SSSR count). The Morgan fingerprint density at radius 2 is 1.89 bits per heavy atom. The number of para-hydroxylation sites is 2. The maximum Gasteiger partial charge on any atom is 0.305 e. The Bertz CT molecular complexity index is 1120. The molecule has 0 spiro atoms. The molecule has 0 saturated carbocycles. The van der Waals surface area contributed by atoms with E-state index in [1.807, 2.05) is 54.4 Å². The number of nitrogens with zero attached hydrogens (tertiary/aromatic N) is 3. The van der Waals surface area contributed by atoms with E-state index in [-0.39, 0.29) is 18.5 Å². The summed E-state index contributed by atoms with van der Waals surface area (Å²) in [6.07, 6.45) is 0.590. The van der Waals surface area contributed by atoms with Crippen LogP contribution < -0.4 is 4.90 Å². The zero-order chi connectivity index (χ0) is 19.4. The van der Waals surface area contributed by atoms with Crippen molar-refractivity contribution in [2.45, 2.75) is 25.6 Å². The van der Waals surface area contributed by atoms with Crippen molar-refractivity contribution < 1.29 is 14.7 Å². The minimum Gasteiger partial charge on any atom is -0.481 e. The summed E-state index contributed by atoms with van der Waals surface area (Å²) in [5.74, 6) is -0.781. The van der Waals surface area contributed by atoms with Crippen molar-refractivity contribution >= 4 is 28.5 Å². The third-order valence-electron chi connectivity index (χ3n) is 5.95. The fourth-order valence-corrected chi connectivity index (χ4v) is 4.76. The van der Waals surface area contributed by atoms with E-state index in [1.165, 1.54) is 5.56 Å². The standard InChI is InChI=1S/C22H21N3O3/c1-23-17-8-4-3-7-16(17)22(28)25-12-10-15-14-6-2-5-9-18(14)24(13-11-19(26)27)20(15)21(23)25/h2-9,21H,10-13H2,1H3,(H,26,27)/t21-/m1/s1. The lowest BCUT2D eigenvalue weighted by Crippen LogP contribution is -2.51. The van der Waals surface area contributed by atoms with E-state index < -0.39 is 5.97 Å². The number of anilines is 1. The molecule has 0 unspecified atom stereocenters. The van der Waals surface area contributed by atoms with Gasteiger partial charge in [-0.15, -0.1) is 0 Å². The largest absolute Gasteiger partial charge is 0.481 e. The van der Waals surface area contributed by atoms with Gasteiger partial charge in [-0.2, -0.15) is 0 Å². The van der Waals surface area contributed by atoms with Crippen LogP contribution in [0.1, 0.15) is 34.2 Å². The van der Waals surface area contributed by atoms with Crippen LogP contribution >= 0.6 is 0 Å². The Labute approximate surface area is 162 Å². The molecule has 0 saturated heterocycles. The van der Waals surface area contributed by atoms with Crippen molar-refractivity contribution in [1.82, 2.24) is 9.47 Å². The van der Waals surface area contributed by atoms with Gasteiger partial charge in [-0.05, 0) is 30.2 Å². The van der Waals surface area contributed by atoms with E-state index in [9.17, 15) is 14.7 Å². The third-order valence-corrected chi connectivity index (χ3v) is 5.95. The first kappa shape index (κ1) is 16.9. The second-order valence-corrected chi connectivity index (χ2v) is 7.43. The van der Waals surface area contributed by atoms with Gasteiger partial charge in [0.2, 0.25) is 0 Å². The molecule has 1 amide bonds. The molecule has 6 nitrogen and oxygen atoms in total. The fourth-order valence-electron chi connectivity index (χ4n) is 4.76. The number of benzene rings is 2. The van der Waals surface area contributed by atoms with Gasteiger partial charge in [0.25, 0.3) is 5.91 Å². The summed E-state index contributed by atoms with van der Waals surface area (Å²) in [7, 11) is 2.01. The van der Waals surface area contributed by atoms with Crippen molar-refractivity contribution in [2.24, 2.45) is 0 Å². The number of carboxylic acids is 1. The van der Waals surface area contributed by atoms with Crippen LogP contribution in [0, 0.1) is 0 Å². The van der Waals surface area contributed by atoms with Gasteiger partial charge < -0.3 is 19.5 Å². The maximum absolute atomic E-state index is 13.2. The van der Waals surface area contributed by atoms with Crippen LogP contribution in [0.5, 0.6) is 0 Å². The molecule has 6 heteroatoms. The lowest BCUT2D eigenvalue weighted by molar-refractivity contribution is -0.137. The predicted octanol–water partition coefficient (Wildman–Crippen LogP) is 3.26. The average Bonchev–Trinajstić information content (AvgIpc) is 3.04. The van der Waals surface area contributed by atoms with Gasteiger partial charge in [0.05, 0.1) is 23.4 Å². The van der Waals surface area contributed by atoms with Crippen LogP contribution in [-0.2, 0) is 17.8 Å². The minimum atomic E-state index is -0.822. The second-order valence-electron chi connectivity index (χ2n) is 7.43. The van der Waals surface area contributed by atoms with E-state index >= 15 is 0 Å². The van der Waals surface area contributed by atoms with E-state index in [4.69, 9.17) is 0 Å². The average molecular weight is 375 g/mol. The zero-order valence-corrected chi connectivity index (χ0v) is 15.6. The van der Waals surface area contributed by atoms with Crippen LogP contribution in [0.2, 0.25) is 0 Å². The molecular formula is C22H21N3O3. The number of fused-ring (bicyclic) bond motifs is 6. The lowest BCUT2D eigenvalue weighted by atomic mass is 9.96. The molecule has 1 N–H and O–H groups in total. The molecule has 0 aliphatic carbocycles. The quantitative estimate of drug-likeness (QED) is 0.763. The summed E-state index contributed by atoms with van der Waals surface area (Å²) in [6, 6.07) is 15.8. The molecule has 2 aliphatic heterocycles. The van der Waals surface area contributed by atoms with Gasteiger partial charge in [-0.1, -0.05) is 30.3 Å². The number of carbonyl (C=O) groups excluding carboxylic acids is 1. The maximum atomic E-state index is 13.2. The lowest BCUT2D eigenvalue weighted by Gasteiger charge is -2.46. The molecule has 0 bridgehead atoms. The molecule has 2 aromatic carbocycles. The van der Waals surface area contributed by atoms with Gasteiger partial charge in [0.1, 0.15) is 6.17 Å². The first-order valence-corrected chi connectivity index (χ1v) is 9.52. The van der Waals surface area contributed by atoms with Crippen molar-refractivity contribution in [3.8, 4) is 0 Å². The number of aromatic nitrogens is 1. The molecule has 2 aliphatic rings. The number of aryl methyl sites for hydroxylation is 1. The normalized spacial score (nSPS) is 18.0. The van der Waals surface area contributed by atoms with Crippen molar-refractivity contribution in [1.29, 1.82) is 0 Å². The monoisotopic (exact) mass is 375 g/mol. The number of amides is 1. The zero-order valence-electron chi connectivity index (χ0n) is 15.6. The summed E-state index contributed by atoms with van der Waals surface area (Å²) >= 11 is 0. The molecule has 1 atom stereocenters. The highest BCUT2D eigenvalue weighted by Crippen LogP contribution is 2.44. The van der Waals surface area contributed by atoms with E-state index in [0.29, 0.717) is 13.1 Å². The summed E-state index contributed by atoms with van der Waals surface area (Å²) in [4.78, 5) is 28.5. The number of rotatable bonds is 3. The molecule has 1 aromatic heterocycles. The second kappa shape index (κ2) is 6.12. The van der Waals surface area contributed by atoms with E-state index in [1.54, 1.807) is 0 Å². The number of carboxylic acid groups (broad SMARTS) is 1. The van der Waals surface area contributed by atoms with Crippen molar-refractivity contribution in [3.63, 3.8) is 0 Å². The Morgan fingerprint density at radius 3 is 2.71 bits per heavy atom. The highest BCUT2D eigenvalue weighted by Gasteiger charge is 2.42. The number of hydrogen-bond donors (Lipinski definition) is 1. The molecule has 3 heterocycles. The summed E-state index contributed by atoms with van der Waals surface area (Å²) in [6.45, 7) is 1.04. The van der Waals surface area contributed by atoms with Crippen LogP contribution in [0.4, 0.5) is 5.69 Å². The van der Waals surface area contributed by atoms with Gasteiger partial charge >= 0.3 is 5.97 Å². The summed E-state index contributed by atoms with van der Waals surface area (Å²) in [5.41, 5.74) is 4.94. The third kappa shape index (κ3) is 2.27. The topological polar surface area (TPSA) is 65.8 Å². The van der Waals surface area contributed by atoms with E-state index in [2.05, 4.69) is 15.5 Å². The first-order valence-electron chi connectivity index (χ1n) is 9.52. The minimum absolute atomic E-state index is 0.0411. The van der Waals surface area contributed by atoms with Gasteiger partial charge in [0, 0.05) is 31.0 Å². The summed E-state index contributed by atoms with van der Waals surface area (Å²) < 4.78 is 2.10. The number of aliphatic carboxylic acids is 1. The molecule has 0 radical (unpaired) electrons. The van der Waals surface area contributed by atoms with Crippen LogP contribution in [-0.4, -0.2) is 40.0 Å². The highest BCUT2D eigenvalue weighted by molar-refractivity contribution is 6.02. The SMILES string of the molecule is CN1c2ccccc2C(=O)N2CCc3c(n(CCC(=O)O)c4ccccc34)[C@@H]21. The van der Waals surface area contributed by atoms with Gasteiger partial charge in [0.15, 0.2) is 0 Å². The molecule has 3 aromatic rings. The number of carbonyl (C=O) groups is 2. The van der Waals surface area contributed by atoms with Gasteiger partial charge in [-0.25, -0.2) is 0 Å². The number of hydrogen-bond acceptors (Lipinski definition) is 3. The van der Waals surface area contributed by atoms with Crippen LogP contribution in [0.3, 0.4) is 0 Å². The fraction of sp³-hybridized carbons (Fsp3) is 0.273. The highest BCUT2D eigenvalue weighted by atomic mass is 16.4. The van der Waals surface area contributed by atoms with E-state index in [0.717, 1.165) is 34.3 Å². The van der Waals surface area contributed by atoms with Crippen molar-refractivity contribution in [2.75, 3.05) is 18.5 Å². The molecule has 0 fully saturated rings. The molecular weight excluding hydrogens is 354 g/mol.